The highest BCUT2D eigenvalue weighted by Crippen LogP contribution is 2.26. The molecule has 0 spiro atoms. The Morgan fingerprint density at radius 2 is 1.96 bits per heavy atom. The van der Waals surface area contributed by atoms with Crippen molar-refractivity contribution in [2.24, 2.45) is 0 Å². The molecule has 3 heterocycles. The van der Waals surface area contributed by atoms with Crippen LogP contribution in [0.2, 0.25) is 0 Å². The molecule has 0 bridgehead atoms. The number of H-pyrrole nitrogens is 1. The number of rotatable bonds is 3. The first-order valence-electron chi connectivity index (χ1n) is 9.32. The maximum absolute atomic E-state index is 12.8. The summed E-state index contributed by atoms with van der Waals surface area (Å²) in [6.07, 6.45) is 5.21. The van der Waals surface area contributed by atoms with E-state index in [-0.39, 0.29) is 11.5 Å². The number of likely N-dealkylation sites (tertiary alicyclic amines) is 2. The van der Waals surface area contributed by atoms with E-state index in [1.165, 1.54) is 18.9 Å². The van der Waals surface area contributed by atoms with Gasteiger partial charge >= 0.3 is 0 Å². The second-order valence-corrected chi connectivity index (χ2v) is 7.33. The Labute approximate surface area is 152 Å². The number of aromatic amines is 1. The SMILES string of the molecule is C[C@@H]1CCCN1C1CCN(C(=O)c2ccc(-c3cn[nH]c(=O)c3)cc2)C1. The first-order chi connectivity index (χ1) is 12.6. The summed E-state index contributed by atoms with van der Waals surface area (Å²) in [6.45, 7) is 5.10. The second-order valence-electron chi connectivity index (χ2n) is 7.33. The van der Waals surface area contributed by atoms with Crippen LogP contribution in [0.25, 0.3) is 11.1 Å². The third kappa shape index (κ3) is 3.29. The summed E-state index contributed by atoms with van der Waals surface area (Å²) in [4.78, 5) is 28.8. The molecule has 0 aliphatic carbocycles. The van der Waals surface area contributed by atoms with Gasteiger partial charge in [0, 0.05) is 42.4 Å². The Morgan fingerprint density at radius 3 is 2.65 bits per heavy atom. The van der Waals surface area contributed by atoms with E-state index in [4.69, 9.17) is 0 Å². The molecule has 0 radical (unpaired) electrons. The number of carbonyl (C=O) groups is 1. The van der Waals surface area contributed by atoms with Crippen LogP contribution in [0.15, 0.2) is 41.3 Å². The predicted molar refractivity (Wildman–Crippen MR) is 100 cm³/mol. The first kappa shape index (κ1) is 17.0. The van der Waals surface area contributed by atoms with E-state index in [0.717, 1.165) is 37.2 Å². The number of aromatic nitrogens is 2. The molecular weight excluding hydrogens is 328 g/mol. The summed E-state index contributed by atoms with van der Waals surface area (Å²) in [6, 6.07) is 10.1. The zero-order valence-electron chi connectivity index (χ0n) is 15.0. The predicted octanol–water partition coefficient (Wildman–Crippen LogP) is 2.14. The lowest BCUT2D eigenvalue weighted by atomic mass is 10.1. The molecule has 2 aliphatic rings. The molecule has 1 unspecified atom stereocenters. The second kappa shape index (κ2) is 7.03. The van der Waals surface area contributed by atoms with Crippen LogP contribution in [0.3, 0.4) is 0 Å². The van der Waals surface area contributed by atoms with Gasteiger partial charge in [0.1, 0.15) is 0 Å². The van der Waals surface area contributed by atoms with Crippen molar-refractivity contribution >= 4 is 5.91 Å². The third-order valence-corrected chi connectivity index (χ3v) is 5.65. The Kier molecular flexibility index (Phi) is 4.59. The van der Waals surface area contributed by atoms with Crippen LogP contribution < -0.4 is 5.56 Å². The van der Waals surface area contributed by atoms with Gasteiger partial charge in [-0.3, -0.25) is 14.5 Å². The largest absolute Gasteiger partial charge is 0.337 e. The molecule has 2 fully saturated rings. The highest BCUT2D eigenvalue weighted by Gasteiger charge is 2.34. The maximum atomic E-state index is 12.8. The standard InChI is InChI=1S/C20H24N4O2/c1-14-3-2-9-24(14)18-8-10-23(13-18)20(26)16-6-4-15(5-7-16)17-11-19(25)22-21-12-17/h4-7,11-12,14,18H,2-3,8-10,13H2,1H3,(H,22,25)/t14-,18?/m1/s1. The Bertz CT molecular complexity index is 845. The highest BCUT2D eigenvalue weighted by molar-refractivity contribution is 5.95. The molecule has 2 saturated heterocycles. The van der Waals surface area contributed by atoms with Crippen LogP contribution in [0.4, 0.5) is 0 Å². The summed E-state index contributed by atoms with van der Waals surface area (Å²) in [5, 5.41) is 6.18. The van der Waals surface area contributed by atoms with Crippen LogP contribution in [-0.2, 0) is 0 Å². The molecule has 4 rings (SSSR count). The van der Waals surface area contributed by atoms with Gasteiger partial charge in [0.25, 0.3) is 11.5 Å². The zero-order valence-corrected chi connectivity index (χ0v) is 15.0. The van der Waals surface area contributed by atoms with Gasteiger partial charge in [0.2, 0.25) is 0 Å². The van der Waals surface area contributed by atoms with Crippen molar-refractivity contribution in [1.29, 1.82) is 0 Å². The fraction of sp³-hybridized carbons (Fsp3) is 0.450. The summed E-state index contributed by atoms with van der Waals surface area (Å²) >= 11 is 0. The fourth-order valence-electron chi connectivity index (χ4n) is 4.22. The molecule has 1 aromatic carbocycles. The zero-order chi connectivity index (χ0) is 18.1. The Balaban J connectivity index is 1.44. The van der Waals surface area contributed by atoms with Crippen molar-refractivity contribution in [3.8, 4) is 11.1 Å². The van der Waals surface area contributed by atoms with E-state index < -0.39 is 0 Å². The monoisotopic (exact) mass is 352 g/mol. The van der Waals surface area contributed by atoms with Crippen molar-refractivity contribution in [3.63, 3.8) is 0 Å². The maximum Gasteiger partial charge on any atom is 0.264 e. The minimum Gasteiger partial charge on any atom is -0.337 e. The fourth-order valence-corrected chi connectivity index (χ4v) is 4.22. The van der Waals surface area contributed by atoms with Crippen LogP contribution in [0.5, 0.6) is 0 Å². The molecular formula is C20H24N4O2. The lowest BCUT2D eigenvalue weighted by Crippen LogP contribution is -2.40. The Hall–Kier alpha value is -2.47. The van der Waals surface area contributed by atoms with Crippen molar-refractivity contribution in [1.82, 2.24) is 20.0 Å². The number of benzene rings is 1. The van der Waals surface area contributed by atoms with Crippen molar-refractivity contribution in [3.05, 3.63) is 52.4 Å². The van der Waals surface area contributed by atoms with Crippen molar-refractivity contribution in [2.45, 2.75) is 38.3 Å². The van der Waals surface area contributed by atoms with Crippen LogP contribution >= 0.6 is 0 Å². The molecule has 1 N–H and O–H groups in total. The summed E-state index contributed by atoms with van der Waals surface area (Å²) in [5.74, 6) is 0.0925. The minimum atomic E-state index is -0.234. The van der Waals surface area contributed by atoms with Crippen molar-refractivity contribution in [2.75, 3.05) is 19.6 Å². The molecule has 2 aromatic rings. The number of hydrogen-bond acceptors (Lipinski definition) is 4. The van der Waals surface area contributed by atoms with Gasteiger partial charge in [-0.1, -0.05) is 12.1 Å². The van der Waals surface area contributed by atoms with E-state index in [0.29, 0.717) is 17.6 Å². The summed E-state index contributed by atoms with van der Waals surface area (Å²) < 4.78 is 0. The van der Waals surface area contributed by atoms with E-state index in [2.05, 4.69) is 22.0 Å². The number of nitrogens with zero attached hydrogens (tertiary/aromatic N) is 3. The van der Waals surface area contributed by atoms with Gasteiger partial charge in [-0.25, -0.2) is 5.10 Å². The smallest absolute Gasteiger partial charge is 0.264 e. The molecule has 1 aromatic heterocycles. The lowest BCUT2D eigenvalue weighted by Gasteiger charge is -2.28. The van der Waals surface area contributed by atoms with E-state index >= 15 is 0 Å². The molecule has 136 valence electrons. The number of amides is 1. The Morgan fingerprint density at radius 1 is 1.15 bits per heavy atom. The van der Waals surface area contributed by atoms with Crippen LogP contribution in [0, 0.1) is 0 Å². The van der Waals surface area contributed by atoms with Gasteiger partial charge in [0.15, 0.2) is 0 Å². The van der Waals surface area contributed by atoms with Crippen LogP contribution in [0.1, 0.15) is 36.5 Å². The van der Waals surface area contributed by atoms with Gasteiger partial charge in [-0.05, 0) is 50.4 Å². The van der Waals surface area contributed by atoms with E-state index in [9.17, 15) is 9.59 Å². The molecule has 2 aliphatic heterocycles. The average Bonchev–Trinajstić information content (AvgIpc) is 3.30. The molecule has 26 heavy (non-hydrogen) atoms. The quantitative estimate of drug-likeness (QED) is 0.919. The molecule has 0 saturated carbocycles. The normalized spacial score (nSPS) is 23.5. The van der Waals surface area contributed by atoms with E-state index in [1.807, 2.05) is 29.2 Å². The number of nitrogens with one attached hydrogen (secondary N) is 1. The van der Waals surface area contributed by atoms with Crippen LogP contribution in [-0.4, -0.2) is 57.6 Å². The average molecular weight is 352 g/mol. The number of hydrogen-bond donors (Lipinski definition) is 1. The van der Waals surface area contributed by atoms with E-state index in [1.54, 1.807) is 6.20 Å². The van der Waals surface area contributed by atoms with Gasteiger partial charge < -0.3 is 4.90 Å². The minimum absolute atomic E-state index is 0.0925. The highest BCUT2D eigenvalue weighted by atomic mass is 16.2. The lowest BCUT2D eigenvalue weighted by molar-refractivity contribution is 0.0774. The van der Waals surface area contributed by atoms with Gasteiger partial charge in [-0.15, -0.1) is 0 Å². The third-order valence-electron chi connectivity index (χ3n) is 5.65. The van der Waals surface area contributed by atoms with Crippen molar-refractivity contribution < 1.29 is 4.79 Å². The number of carbonyl (C=O) groups excluding carboxylic acids is 1. The molecule has 6 heteroatoms. The first-order valence-corrected chi connectivity index (χ1v) is 9.32. The summed E-state index contributed by atoms with van der Waals surface area (Å²) in [5.41, 5.74) is 2.09. The molecule has 2 atom stereocenters. The summed E-state index contributed by atoms with van der Waals surface area (Å²) in [7, 11) is 0. The topological polar surface area (TPSA) is 69.3 Å². The molecule has 1 amide bonds. The van der Waals surface area contributed by atoms with Gasteiger partial charge in [0.05, 0.1) is 6.20 Å². The molecule has 6 nitrogen and oxygen atoms in total. The van der Waals surface area contributed by atoms with Gasteiger partial charge in [-0.2, -0.15) is 5.10 Å².